The van der Waals surface area contributed by atoms with Crippen molar-refractivity contribution in [1.29, 1.82) is 5.41 Å². The Morgan fingerprint density at radius 3 is 2.42 bits per heavy atom. The Morgan fingerprint density at radius 2 is 1.77 bits per heavy atom. The number of aryl methyl sites for hydroxylation is 1. The number of unbranched alkanes of at least 4 members (excludes halogenated alkanes) is 1. The molecular weight excluding hydrogens is 334 g/mol. The van der Waals surface area contributed by atoms with Crippen LogP contribution in [0.25, 0.3) is 0 Å². The standard InChI is InChI=1S/C19H25N3O4/c1-14-4-6-15(7-5-14)26-13-3-2-12-21-17(23)9-8-16(20)22-18(24)10-11-19(22)25/h4-7,20H,2-3,8-13H2,1H3,(H,21,23). The zero-order valence-corrected chi connectivity index (χ0v) is 15.0. The van der Waals surface area contributed by atoms with Gasteiger partial charge in [-0.1, -0.05) is 17.7 Å². The third-order valence-electron chi connectivity index (χ3n) is 4.09. The molecule has 1 aromatic rings. The van der Waals surface area contributed by atoms with Gasteiger partial charge in [0.1, 0.15) is 11.6 Å². The van der Waals surface area contributed by atoms with Crippen molar-refractivity contribution in [2.24, 2.45) is 0 Å². The van der Waals surface area contributed by atoms with Crippen molar-refractivity contribution in [1.82, 2.24) is 10.2 Å². The third kappa shape index (κ3) is 5.98. The van der Waals surface area contributed by atoms with E-state index in [2.05, 4.69) is 5.32 Å². The van der Waals surface area contributed by atoms with E-state index >= 15 is 0 Å². The van der Waals surface area contributed by atoms with Crippen molar-refractivity contribution in [3.63, 3.8) is 0 Å². The van der Waals surface area contributed by atoms with Crippen LogP contribution < -0.4 is 10.1 Å². The van der Waals surface area contributed by atoms with Crippen LogP contribution in [-0.4, -0.2) is 41.6 Å². The van der Waals surface area contributed by atoms with Gasteiger partial charge < -0.3 is 10.1 Å². The highest BCUT2D eigenvalue weighted by molar-refractivity contribution is 6.16. The lowest BCUT2D eigenvalue weighted by Gasteiger charge is -2.14. The van der Waals surface area contributed by atoms with Gasteiger partial charge in [0.2, 0.25) is 17.7 Å². The average molecular weight is 359 g/mol. The molecule has 0 bridgehead atoms. The van der Waals surface area contributed by atoms with Crippen LogP contribution in [0.3, 0.4) is 0 Å². The summed E-state index contributed by atoms with van der Waals surface area (Å²) < 4.78 is 5.61. The first kappa shape index (κ1) is 19.6. The molecule has 1 heterocycles. The Hall–Kier alpha value is -2.70. The molecule has 1 fully saturated rings. The predicted molar refractivity (Wildman–Crippen MR) is 97.0 cm³/mol. The van der Waals surface area contributed by atoms with Gasteiger partial charge in [0.15, 0.2) is 0 Å². The van der Waals surface area contributed by atoms with Crippen LogP contribution >= 0.6 is 0 Å². The van der Waals surface area contributed by atoms with Gasteiger partial charge in [-0.15, -0.1) is 0 Å². The first-order valence-electron chi connectivity index (χ1n) is 8.87. The van der Waals surface area contributed by atoms with Crippen LogP contribution in [0.5, 0.6) is 5.75 Å². The maximum Gasteiger partial charge on any atom is 0.235 e. The van der Waals surface area contributed by atoms with E-state index in [4.69, 9.17) is 10.1 Å². The van der Waals surface area contributed by atoms with Gasteiger partial charge in [0.05, 0.1) is 6.61 Å². The number of carbonyl (C=O) groups is 3. The fourth-order valence-electron chi connectivity index (χ4n) is 2.59. The lowest BCUT2D eigenvalue weighted by Crippen LogP contribution is -2.36. The van der Waals surface area contributed by atoms with Crippen molar-refractivity contribution in [2.45, 2.75) is 45.4 Å². The number of likely N-dealkylation sites (tertiary alicyclic amines) is 1. The molecule has 2 rings (SSSR count). The number of hydrogen-bond donors (Lipinski definition) is 2. The maximum atomic E-state index is 11.8. The molecule has 1 aromatic carbocycles. The van der Waals surface area contributed by atoms with E-state index in [1.165, 1.54) is 5.56 Å². The maximum absolute atomic E-state index is 11.8. The summed E-state index contributed by atoms with van der Waals surface area (Å²) in [5, 5.41) is 10.6. The number of hydrogen-bond acceptors (Lipinski definition) is 5. The molecule has 1 aliphatic heterocycles. The Labute approximate surface area is 153 Å². The number of amides is 3. The number of rotatable bonds is 9. The van der Waals surface area contributed by atoms with Gasteiger partial charge in [-0.25, -0.2) is 4.90 Å². The Morgan fingerprint density at radius 1 is 1.12 bits per heavy atom. The monoisotopic (exact) mass is 359 g/mol. The fraction of sp³-hybridized carbons (Fsp3) is 0.474. The van der Waals surface area contributed by atoms with Crippen LogP contribution in [0.4, 0.5) is 0 Å². The number of imide groups is 1. The molecule has 26 heavy (non-hydrogen) atoms. The highest BCUT2D eigenvalue weighted by Crippen LogP contribution is 2.14. The van der Waals surface area contributed by atoms with E-state index < -0.39 is 0 Å². The minimum Gasteiger partial charge on any atom is -0.494 e. The van der Waals surface area contributed by atoms with Crippen molar-refractivity contribution < 1.29 is 19.1 Å². The van der Waals surface area contributed by atoms with E-state index in [-0.39, 0.29) is 49.2 Å². The van der Waals surface area contributed by atoms with Crippen molar-refractivity contribution in [3.05, 3.63) is 29.8 Å². The minimum absolute atomic E-state index is 0.0832. The van der Waals surface area contributed by atoms with Gasteiger partial charge in [-0.2, -0.15) is 0 Å². The molecule has 1 saturated heterocycles. The van der Waals surface area contributed by atoms with Crippen molar-refractivity contribution in [2.75, 3.05) is 13.2 Å². The van der Waals surface area contributed by atoms with Crippen molar-refractivity contribution >= 4 is 23.6 Å². The van der Waals surface area contributed by atoms with Gasteiger partial charge in [-0.05, 0) is 31.9 Å². The second kappa shape index (κ2) is 9.70. The average Bonchev–Trinajstić information content (AvgIpc) is 2.96. The molecule has 140 valence electrons. The van der Waals surface area contributed by atoms with E-state index in [0.29, 0.717) is 13.2 Å². The van der Waals surface area contributed by atoms with E-state index in [0.717, 1.165) is 23.5 Å². The number of nitrogens with one attached hydrogen (secondary N) is 2. The molecule has 7 nitrogen and oxygen atoms in total. The smallest absolute Gasteiger partial charge is 0.235 e. The van der Waals surface area contributed by atoms with Gasteiger partial charge >= 0.3 is 0 Å². The Bertz CT molecular complexity index is 654. The SMILES string of the molecule is Cc1ccc(OCCCCNC(=O)CCC(=N)N2C(=O)CCC2=O)cc1. The first-order chi connectivity index (χ1) is 12.5. The minimum atomic E-state index is -0.353. The van der Waals surface area contributed by atoms with Crippen LogP contribution in [0, 0.1) is 12.3 Å². The van der Waals surface area contributed by atoms with E-state index in [9.17, 15) is 14.4 Å². The number of nitrogens with zero attached hydrogens (tertiary/aromatic N) is 1. The molecule has 1 aliphatic rings. The zero-order chi connectivity index (χ0) is 18.9. The highest BCUT2D eigenvalue weighted by Gasteiger charge is 2.31. The largest absolute Gasteiger partial charge is 0.494 e. The van der Waals surface area contributed by atoms with Crippen LogP contribution in [-0.2, 0) is 14.4 Å². The summed E-state index contributed by atoms with van der Waals surface area (Å²) in [6.45, 7) is 3.14. The molecule has 0 unspecified atom stereocenters. The third-order valence-corrected chi connectivity index (χ3v) is 4.09. The molecular formula is C19H25N3O4. The van der Waals surface area contributed by atoms with E-state index in [1.807, 2.05) is 31.2 Å². The molecule has 0 atom stereocenters. The summed E-state index contributed by atoms with van der Waals surface area (Å²) in [4.78, 5) is 35.7. The van der Waals surface area contributed by atoms with Gasteiger partial charge in [-0.3, -0.25) is 19.8 Å². The van der Waals surface area contributed by atoms with Crippen LogP contribution in [0.1, 0.15) is 44.1 Å². The highest BCUT2D eigenvalue weighted by atomic mass is 16.5. The topological polar surface area (TPSA) is 99.6 Å². The number of amidine groups is 1. The summed E-state index contributed by atoms with van der Waals surface area (Å²) in [5.41, 5.74) is 1.19. The lowest BCUT2D eigenvalue weighted by atomic mass is 10.2. The quantitative estimate of drug-likeness (QED) is 0.305. The summed E-state index contributed by atoms with van der Waals surface area (Å²) in [5.74, 6) is -0.153. The molecule has 0 radical (unpaired) electrons. The lowest BCUT2D eigenvalue weighted by molar-refractivity contribution is -0.133. The zero-order valence-electron chi connectivity index (χ0n) is 15.0. The van der Waals surface area contributed by atoms with Crippen LogP contribution in [0.2, 0.25) is 0 Å². The van der Waals surface area contributed by atoms with Gasteiger partial charge in [0, 0.05) is 32.2 Å². The van der Waals surface area contributed by atoms with Crippen LogP contribution in [0.15, 0.2) is 24.3 Å². The Balaban J connectivity index is 1.53. The molecule has 2 N–H and O–H groups in total. The molecule has 3 amide bonds. The fourth-order valence-corrected chi connectivity index (χ4v) is 2.59. The number of benzene rings is 1. The van der Waals surface area contributed by atoms with Crippen molar-refractivity contribution in [3.8, 4) is 5.75 Å². The summed E-state index contributed by atoms with van der Waals surface area (Å²) in [7, 11) is 0. The summed E-state index contributed by atoms with van der Waals surface area (Å²) in [6, 6.07) is 7.86. The summed E-state index contributed by atoms with van der Waals surface area (Å²) in [6.07, 6.45) is 2.09. The number of carbonyl (C=O) groups excluding carboxylic acids is 3. The predicted octanol–water partition coefficient (Wildman–Crippen LogP) is 2.18. The normalized spacial score (nSPS) is 13.8. The molecule has 0 aromatic heterocycles. The van der Waals surface area contributed by atoms with E-state index in [1.54, 1.807) is 0 Å². The summed E-state index contributed by atoms with van der Waals surface area (Å²) >= 11 is 0. The second-order valence-electron chi connectivity index (χ2n) is 6.29. The van der Waals surface area contributed by atoms with Gasteiger partial charge in [0.25, 0.3) is 0 Å². The second-order valence-corrected chi connectivity index (χ2v) is 6.29. The number of ether oxygens (including phenoxy) is 1. The first-order valence-corrected chi connectivity index (χ1v) is 8.87. The molecule has 7 heteroatoms. The molecule has 0 aliphatic carbocycles. The molecule has 0 spiro atoms. The Kier molecular flexibility index (Phi) is 7.32. The molecule has 0 saturated carbocycles.